The fourth-order valence-electron chi connectivity index (χ4n) is 5.27. The van der Waals surface area contributed by atoms with Crippen molar-refractivity contribution in [3.63, 3.8) is 0 Å². The molecule has 0 saturated carbocycles. The zero-order valence-corrected chi connectivity index (χ0v) is 29.5. The molecule has 0 radical (unpaired) electrons. The molecule has 0 spiro atoms. The molecule has 10 nitrogen and oxygen atoms in total. The van der Waals surface area contributed by atoms with Crippen molar-refractivity contribution in [1.29, 1.82) is 0 Å². The molecule has 0 N–H and O–H groups in total. The number of hydrogen-bond acceptors (Lipinski definition) is 9. The fourth-order valence-corrected chi connectivity index (χ4v) is 5.27. The third kappa shape index (κ3) is 21.1. The van der Waals surface area contributed by atoms with Crippen LogP contribution >= 0.6 is 0 Å². The number of imide groups is 1. The van der Waals surface area contributed by atoms with E-state index >= 15 is 0 Å². The predicted octanol–water partition coefficient (Wildman–Crippen LogP) is 7.87. The molecule has 10 heteroatoms. The molecule has 0 bridgehead atoms. The van der Waals surface area contributed by atoms with Crippen molar-refractivity contribution in [3.8, 4) is 0 Å². The van der Waals surface area contributed by atoms with Crippen LogP contribution in [0.15, 0.2) is 0 Å². The van der Waals surface area contributed by atoms with Crippen LogP contribution in [0.5, 0.6) is 0 Å². The Morgan fingerprint density at radius 3 is 1.43 bits per heavy atom. The van der Waals surface area contributed by atoms with Gasteiger partial charge in [-0.25, -0.2) is 4.79 Å². The second-order valence-corrected chi connectivity index (χ2v) is 14.6. The van der Waals surface area contributed by atoms with Crippen molar-refractivity contribution in [2.75, 3.05) is 0 Å². The first-order chi connectivity index (χ1) is 21.6. The van der Waals surface area contributed by atoms with Gasteiger partial charge < -0.3 is 14.3 Å². The number of unbranched alkanes of at least 4 members (excludes halogenated alkanes) is 13. The molecule has 1 aliphatic rings. The Kier molecular flexibility index (Phi) is 19.6. The van der Waals surface area contributed by atoms with Crippen LogP contribution in [-0.4, -0.2) is 51.8 Å². The highest BCUT2D eigenvalue weighted by Gasteiger charge is 2.34. The van der Waals surface area contributed by atoms with E-state index in [0.717, 1.165) is 38.5 Å². The van der Waals surface area contributed by atoms with Crippen molar-refractivity contribution in [2.45, 2.75) is 188 Å². The minimum absolute atomic E-state index is 0.00386. The molecule has 1 saturated heterocycles. The Morgan fingerprint density at radius 2 is 1.00 bits per heavy atom. The summed E-state index contributed by atoms with van der Waals surface area (Å²) in [5, 5.41) is 0.484. The molecule has 0 unspecified atom stereocenters. The molecule has 0 aromatic heterocycles. The fraction of sp³-hybridized carbons (Fsp3) is 0.833. The van der Waals surface area contributed by atoms with Gasteiger partial charge in [0.15, 0.2) is 0 Å². The zero-order chi connectivity index (χ0) is 34.6. The van der Waals surface area contributed by atoms with Crippen molar-refractivity contribution >= 4 is 35.5 Å². The largest absolute Gasteiger partial charge is 0.460 e. The van der Waals surface area contributed by atoms with Crippen LogP contribution in [0.1, 0.15) is 176 Å². The first-order valence-corrected chi connectivity index (χ1v) is 17.6. The molecular weight excluding hydrogens is 590 g/mol. The topological polar surface area (TPSA) is 133 Å². The number of nitrogens with zero attached hydrogens (tertiary/aromatic N) is 1. The zero-order valence-electron chi connectivity index (χ0n) is 29.5. The molecule has 1 atom stereocenters. The maximum Gasteiger partial charge on any atom is 0.333 e. The highest BCUT2D eigenvalue weighted by Crippen LogP contribution is 2.22. The minimum atomic E-state index is -0.798. The lowest BCUT2D eigenvalue weighted by molar-refractivity contribution is -0.197. The highest BCUT2D eigenvalue weighted by atomic mass is 16.7. The standard InChI is InChI=1S/C36H61NO9/c1-35(2,3)44-32(41)22-20-18-16-14-12-10-8-7-9-11-13-15-17-19-21-29(38)27-28(34(43)45-36(4,5)6)23-26-33(42)46-37-30(39)24-25-31(37)40/h28H,7-27H2,1-6H3/t28-/m1/s1. The van der Waals surface area contributed by atoms with Crippen LogP contribution in [0.3, 0.4) is 0 Å². The molecule has 0 aliphatic carbocycles. The lowest BCUT2D eigenvalue weighted by Crippen LogP contribution is -2.33. The average molecular weight is 652 g/mol. The van der Waals surface area contributed by atoms with E-state index in [9.17, 15) is 28.8 Å². The number of hydrogen-bond donors (Lipinski definition) is 0. The third-order valence-electron chi connectivity index (χ3n) is 7.62. The van der Waals surface area contributed by atoms with Crippen LogP contribution in [0.25, 0.3) is 0 Å². The van der Waals surface area contributed by atoms with Gasteiger partial charge in [-0.15, -0.1) is 5.06 Å². The summed E-state index contributed by atoms with van der Waals surface area (Å²) in [7, 11) is 0. The number of ketones is 1. The molecule has 1 rings (SSSR count). The van der Waals surface area contributed by atoms with E-state index in [1.807, 2.05) is 20.8 Å². The lowest BCUT2D eigenvalue weighted by Gasteiger charge is -2.23. The third-order valence-corrected chi connectivity index (χ3v) is 7.62. The minimum Gasteiger partial charge on any atom is -0.460 e. The van der Waals surface area contributed by atoms with Crippen molar-refractivity contribution in [1.82, 2.24) is 5.06 Å². The van der Waals surface area contributed by atoms with E-state index in [-0.39, 0.29) is 43.9 Å². The van der Waals surface area contributed by atoms with Crippen LogP contribution in [0, 0.1) is 5.92 Å². The van der Waals surface area contributed by atoms with Gasteiger partial charge in [0.25, 0.3) is 11.8 Å². The monoisotopic (exact) mass is 651 g/mol. The van der Waals surface area contributed by atoms with Crippen molar-refractivity contribution in [3.05, 3.63) is 0 Å². The quantitative estimate of drug-likeness (QED) is 0.0580. The SMILES string of the molecule is CC(C)(C)OC(=O)CCCCCCCCCCCCCCCCC(=O)C[C@@H](CCC(=O)ON1C(=O)CCC1=O)C(=O)OC(C)(C)C. The average Bonchev–Trinajstić information content (AvgIpc) is 3.25. The van der Waals surface area contributed by atoms with E-state index in [2.05, 4.69) is 0 Å². The van der Waals surface area contributed by atoms with Crippen LogP contribution in [0.4, 0.5) is 0 Å². The van der Waals surface area contributed by atoms with Gasteiger partial charge in [0.1, 0.15) is 17.0 Å². The Hall–Kier alpha value is -2.78. The molecule has 1 fully saturated rings. The van der Waals surface area contributed by atoms with Crippen molar-refractivity contribution < 1.29 is 43.1 Å². The van der Waals surface area contributed by atoms with Crippen LogP contribution in [-0.2, 0) is 43.1 Å². The number of Topliss-reactive ketones (excluding diaryl/α,β-unsaturated/α-hetero) is 1. The molecule has 264 valence electrons. The molecule has 1 aliphatic heterocycles. The summed E-state index contributed by atoms with van der Waals surface area (Å²) in [6, 6.07) is 0. The number of carbonyl (C=O) groups is 6. The maximum atomic E-state index is 12.8. The second-order valence-electron chi connectivity index (χ2n) is 14.6. The number of hydroxylamine groups is 2. The molecular formula is C36H61NO9. The van der Waals surface area contributed by atoms with Crippen LogP contribution < -0.4 is 0 Å². The van der Waals surface area contributed by atoms with Gasteiger partial charge >= 0.3 is 17.9 Å². The Bertz CT molecular complexity index is 961. The molecule has 0 aromatic rings. The Labute approximate surface area is 277 Å². The first-order valence-electron chi connectivity index (χ1n) is 17.6. The summed E-state index contributed by atoms with van der Waals surface area (Å²) in [5.74, 6) is -3.41. The van der Waals surface area contributed by atoms with Crippen molar-refractivity contribution in [2.24, 2.45) is 5.92 Å². The van der Waals surface area contributed by atoms with Gasteiger partial charge in [-0.2, -0.15) is 0 Å². The maximum absolute atomic E-state index is 12.8. The smallest absolute Gasteiger partial charge is 0.333 e. The van der Waals surface area contributed by atoms with Gasteiger partial charge in [-0.3, -0.25) is 24.0 Å². The van der Waals surface area contributed by atoms with E-state index in [4.69, 9.17) is 14.3 Å². The summed E-state index contributed by atoms with van der Waals surface area (Å²) in [5.41, 5.74) is -1.14. The summed E-state index contributed by atoms with van der Waals surface area (Å²) in [6.45, 7) is 10.9. The Morgan fingerprint density at radius 1 is 0.587 bits per heavy atom. The van der Waals surface area contributed by atoms with Crippen LogP contribution in [0.2, 0.25) is 0 Å². The number of ether oxygens (including phenoxy) is 2. The summed E-state index contributed by atoms with van der Waals surface area (Å²) in [6.07, 6.45) is 16.5. The van der Waals surface area contributed by atoms with Gasteiger partial charge in [0, 0.05) is 38.5 Å². The summed E-state index contributed by atoms with van der Waals surface area (Å²) < 4.78 is 10.8. The number of rotatable bonds is 24. The normalized spacial score (nSPS) is 14.3. The van der Waals surface area contributed by atoms with Gasteiger partial charge in [-0.1, -0.05) is 77.0 Å². The second kappa shape index (κ2) is 21.9. The van der Waals surface area contributed by atoms with Gasteiger partial charge in [-0.05, 0) is 60.8 Å². The number of carbonyl (C=O) groups excluding carboxylic acids is 6. The molecule has 0 aromatic carbocycles. The summed E-state index contributed by atoms with van der Waals surface area (Å²) in [4.78, 5) is 77.7. The number of amides is 2. The molecule has 1 heterocycles. The number of esters is 2. The molecule has 46 heavy (non-hydrogen) atoms. The lowest BCUT2D eigenvalue weighted by atomic mass is 9.94. The summed E-state index contributed by atoms with van der Waals surface area (Å²) >= 11 is 0. The van der Waals surface area contributed by atoms with E-state index in [1.165, 1.54) is 51.4 Å². The van der Waals surface area contributed by atoms with E-state index < -0.39 is 40.9 Å². The van der Waals surface area contributed by atoms with E-state index in [0.29, 0.717) is 17.9 Å². The van der Waals surface area contributed by atoms with Gasteiger partial charge in [0.05, 0.1) is 5.92 Å². The Balaban J connectivity index is 2.14. The van der Waals surface area contributed by atoms with E-state index in [1.54, 1.807) is 20.8 Å². The predicted molar refractivity (Wildman–Crippen MR) is 175 cm³/mol. The highest BCUT2D eigenvalue weighted by molar-refractivity contribution is 6.01. The molecule has 2 amide bonds. The van der Waals surface area contributed by atoms with Gasteiger partial charge in [0.2, 0.25) is 0 Å². The first kappa shape index (κ1) is 41.2.